The van der Waals surface area contributed by atoms with Crippen molar-refractivity contribution in [2.24, 2.45) is 0 Å². The zero-order valence-corrected chi connectivity index (χ0v) is 13.8. The van der Waals surface area contributed by atoms with E-state index in [-0.39, 0.29) is 6.10 Å². The summed E-state index contributed by atoms with van der Waals surface area (Å²) >= 11 is 0. The Balaban J connectivity index is 2.08. The Morgan fingerprint density at radius 2 is 1.95 bits per heavy atom. The molecule has 0 bridgehead atoms. The van der Waals surface area contributed by atoms with Gasteiger partial charge in [-0.1, -0.05) is 6.92 Å². The molecule has 0 aromatic heterocycles. The number of nitrogens with zero attached hydrogens (tertiary/aromatic N) is 2. The van der Waals surface area contributed by atoms with Gasteiger partial charge in [0.1, 0.15) is 5.75 Å². The van der Waals surface area contributed by atoms with Gasteiger partial charge in [-0.2, -0.15) is 0 Å². The van der Waals surface area contributed by atoms with E-state index in [4.69, 9.17) is 10.5 Å². The van der Waals surface area contributed by atoms with Gasteiger partial charge in [0.25, 0.3) is 0 Å². The van der Waals surface area contributed by atoms with E-state index in [1.54, 1.807) is 0 Å². The van der Waals surface area contributed by atoms with Crippen LogP contribution in [0.25, 0.3) is 0 Å². The standard InChI is InChI=1S/C17H29N3O/c1-5-20-8-6-15(7-9-20)19(4)16-10-14(18)11-17(12-16)21-13(2)3/h10-13,15H,5-9,18H2,1-4H3. The average molecular weight is 291 g/mol. The molecule has 0 radical (unpaired) electrons. The lowest BCUT2D eigenvalue weighted by molar-refractivity contribution is 0.220. The van der Waals surface area contributed by atoms with Crippen molar-refractivity contribution in [2.75, 3.05) is 37.3 Å². The second-order valence-electron chi connectivity index (χ2n) is 6.20. The van der Waals surface area contributed by atoms with Crippen LogP contribution < -0.4 is 15.4 Å². The molecular formula is C17H29N3O. The van der Waals surface area contributed by atoms with Gasteiger partial charge in [-0.25, -0.2) is 0 Å². The summed E-state index contributed by atoms with van der Waals surface area (Å²) in [6.45, 7) is 9.82. The first-order valence-corrected chi connectivity index (χ1v) is 8.02. The molecule has 0 aliphatic carbocycles. The summed E-state index contributed by atoms with van der Waals surface area (Å²) in [5.74, 6) is 0.859. The lowest BCUT2D eigenvalue weighted by atomic mass is 10.0. The van der Waals surface area contributed by atoms with Crippen molar-refractivity contribution in [3.05, 3.63) is 18.2 Å². The lowest BCUT2D eigenvalue weighted by Gasteiger charge is -2.37. The smallest absolute Gasteiger partial charge is 0.123 e. The summed E-state index contributed by atoms with van der Waals surface area (Å²) in [5.41, 5.74) is 7.95. The van der Waals surface area contributed by atoms with Crippen LogP contribution in [0.4, 0.5) is 11.4 Å². The quantitative estimate of drug-likeness (QED) is 0.847. The first kappa shape index (κ1) is 16.0. The summed E-state index contributed by atoms with van der Waals surface area (Å²) < 4.78 is 5.79. The summed E-state index contributed by atoms with van der Waals surface area (Å²) in [6, 6.07) is 6.63. The molecule has 1 heterocycles. The van der Waals surface area contributed by atoms with Gasteiger partial charge in [0, 0.05) is 49.7 Å². The number of nitrogen functional groups attached to an aromatic ring is 1. The van der Waals surface area contributed by atoms with Gasteiger partial charge in [-0.05, 0) is 39.3 Å². The number of rotatable bonds is 5. The molecule has 1 aromatic carbocycles. The second-order valence-corrected chi connectivity index (χ2v) is 6.20. The number of benzene rings is 1. The third-order valence-electron chi connectivity index (χ3n) is 4.24. The van der Waals surface area contributed by atoms with Gasteiger partial charge >= 0.3 is 0 Å². The van der Waals surface area contributed by atoms with Gasteiger partial charge < -0.3 is 20.3 Å². The third-order valence-corrected chi connectivity index (χ3v) is 4.24. The van der Waals surface area contributed by atoms with Crippen LogP contribution in [0.3, 0.4) is 0 Å². The molecule has 1 aliphatic rings. The van der Waals surface area contributed by atoms with Crippen molar-refractivity contribution in [2.45, 2.75) is 45.8 Å². The Hall–Kier alpha value is -1.42. The van der Waals surface area contributed by atoms with E-state index in [0.29, 0.717) is 6.04 Å². The maximum absolute atomic E-state index is 6.03. The Kier molecular flexibility index (Phi) is 5.34. The van der Waals surface area contributed by atoms with Gasteiger partial charge in [0.2, 0.25) is 0 Å². The van der Waals surface area contributed by atoms with Gasteiger partial charge in [0.05, 0.1) is 6.10 Å². The zero-order valence-electron chi connectivity index (χ0n) is 13.8. The minimum Gasteiger partial charge on any atom is -0.491 e. The van der Waals surface area contributed by atoms with E-state index in [2.05, 4.69) is 29.8 Å². The predicted molar refractivity (Wildman–Crippen MR) is 90.2 cm³/mol. The highest BCUT2D eigenvalue weighted by molar-refractivity contribution is 5.60. The van der Waals surface area contributed by atoms with E-state index in [1.807, 2.05) is 26.0 Å². The Labute approximate surface area is 128 Å². The van der Waals surface area contributed by atoms with Crippen molar-refractivity contribution >= 4 is 11.4 Å². The van der Waals surface area contributed by atoms with E-state index < -0.39 is 0 Å². The maximum atomic E-state index is 6.03. The molecule has 0 unspecified atom stereocenters. The number of piperidine rings is 1. The van der Waals surface area contributed by atoms with E-state index in [9.17, 15) is 0 Å². The normalized spacial score (nSPS) is 17.2. The molecule has 21 heavy (non-hydrogen) atoms. The van der Waals surface area contributed by atoms with Crippen molar-refractivity contribution < 1.29 is 4.74 Å². The molecule has 0 saturated carbocycles. The molecule has 118 valence electrons. The molecule has 4 nitrogen and oxygen atoms in total. The van der Waals surface area contributed by atoms with Crippen LogP contribution in [0.5, 0.6) is 5.75 Å². The van der Waals surface area contributed by atoms with Gasteiger partial charge in [-0.3, -0.25) is 0 Å². The molecule has 1 aliphatic heterocycles. The molecule has 1 saturated heterocycles. The fraction of sp³-hybridized carbons (Fsp3) is 0.647. The Morgan fingerprint density at radius 1 is 1.29 bits per heavy atom. The maximum Gasteiger partial charge on any atom is 0.123 e. The average Bonchev–Trinajstić information content (AvgIpc) is 2.45. The minimum absolute atomic E-state index is 0.165. The summed E-state index contributed by atoms with van der Waals surface area (Å²) in [5, 5.41) is 0. The van der Waals surface area contributed by atoms with E-state index in [0.717, 1.165) is 23.7 Å². The van der Waals surface area contributed by atoms with Crippen molar-refractivity contribution in [3.8, 4) is 5.75 Å². The summed E-state index contributed by atoms with van der Waals surface area (Å²) in [7, 11) is 2.17. The van der Waals surface area contributed by atoms with E-state index in [1.165, 1.54) is 25.9 Å². The molecule has 2 N–H and O–H groups in total. The lowest BCUT2D eigenvalue weighted by Crippen LogP contribution is -2.43. The van der Waals surface area contributed by atoms with Crippen LogP contribution in [0, 0.1) is 0 Å². The second kappa shape index (κ2) is 7.03. The number of nitrogens with two attached hydrogens (primary N) is 1. The molecule has 1 fully saturated rings. The van der Waals surface area contributed by atoms with Crippen LogP contribution >= 0.6 is 0 Å². The van der Waals surface area contributed by atoms with Crippen LogP contribution in [-0.2, 0) is 0 Å². The monoisotopic (exact) mass is 291 g/mol. The first-order chi connectivity index (χ1) is 9.99. The predicted octanol–water partition coefficient (Wildman–Crippen LogP) is 2.98. The molecule has 0 spiro atoms. The van der Waals surface area contributed by atoms with Gasteiger partial charge in [0.15, 0.2) is 0 Å². The Morgan fingerprint density at radius 3 is 2.52 bits per heavy atom. The van der Waals surface area contributed by atoms with Crippen LogP contribution in [0.1, 0.15) is 33.6 Å². The topological polar surface area (TPSA) is 41.7 Å². The fourth-order valence-electron chi connectivity index (χ4n) is 2.98. The molecule has 2 rings (SSSR count). The highest BCUT2D eigenvalue weighted by Crippen LogP contribution is 2.29. The Bertz CT molecular complexity index is 453. The van der Waals surface area contributed by atoms with Crippen LogP contribution in [0.15, 0.2) is 18.2 Å². The summed E-state index contributed by atoms with van der Waals surface area (Å²) in [4.78, 5) is 4.87. The highest BCUT2D eigenvalue weighted by Gasteiger charge is 2.22. The number of ether oxygens (including phenoxy) is 1. The molecular weight excluding hydrogens is 262 g/mol. The largest absolute Gasteiger partial charge is 0.491 e. The number of likely N-dealkylation sites (tertiary alicyclic amines) is 1. The first-order valence-electron chi connectivity index (χ1n) is 8.02. The zero-order chi connectivity index (χ0) is 15.4. The van der Waals surface area contributed by atoms with Crippen molar-refractivity contribution in [1.82, 2.24) is 4.90 Å². The van der Waals surface area contributed by atoms with Crippen molar-refractivity contribution in [3.63, 3.8) is 0 Å². The number of hydrogen-bond acceptors (Lipinski definition) is 4. The molecule has 0 amide bonds. The van der Waals surface area contributed by atoms with Gasteiger partial charge in [-0.15, -0.1) is 0 Å². The molecule has 1 aromatic rings. The molecule has 0 atom stereocenters. The fourth-order valence-corrected chi connectivity index (χ4v) is 2.98. The van der Waals surface area contributed by atoms with Crippen LogP contribution in [0.2, 0.25) is 0 Å². The summed E-state index contributed by atoms with van der Waals surface area (Å²) in [6.07, 6.45) is 2.58. The number of anilines is 2. The number of hydrogen-bond donors (Lipinski definition) is 1. The van der Waals surface area contributed by atoms with Crippen molar-refractivity contribution in [1.29, 1.82) is 0 Å². The SMILES string of the molecule is CCN1CCC(N(C)c2cc(N)cc(OC(C)C)c2)CC1. The van der Waals surface area contributed by atoms with E-state index >= 15 is 0 Å². The minimum atomic E-state index is 0.165. The highest BCUT2D eigenvalue weighted by atomic mass is 16.5. The van der Waals surface area contributed by atoms with Crippen LogP contribution in [-0.4, -0.2) is 43.7 Å². The molecule has 4 heteroatoms. The third kappa shape index (κ3) is 4.27.